The lowest BCUT2D eigenvalue weighted by Crippen LogP contribution is -2.48. The molecule has 4 atom stereocenters. The van der Waals surface area contributed by atoms with Crippen molar-refractivity contribution >= 4 is 20.0 Å². The highest BCUT2D eigenvalue weighted by Gasteiger charge is 2.33. The molecule has 0 aliphatic carbocycles. The molecule has 0 unspecified atom stereocenters. The largest absolute Gasteiger partial charge is 0.457 e. The van der Waals surface area contributed by atoms with E-state index in [2.05, 4.69) is 0 Å². The van der Waals surface area contributed by atoms with Crippen molar-refractivity contribution in [2.45, 2.75) is 61.9 Å². The fourth-order valence-electron chi connectivity index (χ4n) is 4.45. The normalized spacial score (nSPS) is 27.0. The zero-order valence-electron chi connectivity index (χ0n) is 20.3. The van der Waals surface area contributed by atoms with Crippen LogP contribution in [0.15, 0.2) is 58.3 Å². The van der Waals surface area contributed by atoms with Gasteiger partial charge in [-0.25, -0.2) is 16.8 Å². The van der Waals surface area contributed by atoms with Gasteiger partial charge in [-0.2, -0.15) is 8.61 Å². The maximum atomic E-state index is 13.0. The summed E-state index contributed by atoms with van der Waals surface area (Å²) < 4.78 is 72.0. The Kier molecular flexibility index (Phi) is 7.56. The van der Waals surface area contributed by atoms with Crippen molar-refractivity contribution in [2.24, 2.45) is 0 Å². The summed E-state index contributed by atoms with van der Waals surface area (Å²) in [4.78, 5) is 0.364. The van der Waals surface area contributed by atoms with Crippen LogP contribution in [0.25, 0.3) is 0 Å². The fraction of sp³-hybridized carbons (Fsp3) is 0.500. The molecular weight excluding hydrogens is 492 g/mol. The first-order valence-electron chi connectivity index (χ1n) is 11.6. The molecular formula is C24H32N2O7S2. The van der Waals surface area contributed by atoms with Gasteiger partial charge in [0.1, 0.15) is 11.5 Å². The molecule has 11 heteroatoms. The number of rotatable bonds is 6. The van der Waals surface area contributed by atoms with Gasteiger partial charge in [-0.05, 0) is 76.2 Å². The predicted molar refractivity (Wildman–Crippen MR) is 130 cm³/mol. The lowest BCUT2D eigenvalue weighted by atomic mass is 10.3. The first-order chi connectivity index (χ1) is 16.4. The molecule has 2 heterocycles. The van der Waals surface area contributed by atoms with Gasteiger partial charge in [0.05, 0.1) is 34.2 Å². The van der Waals surface area contributed by atoms with Gasteiger partial charge in [0.25, 0.3) is 0 Å². The van der Waals surface area contributed by atoms with Crippen LogP contribution in [-0.4, -0.2) is 76.0 Å². The second-order valence-corrected chi connectivity index (χ2v) is 13.1. The minimum atomic E-state index is -3.64. The number of hydrogen-bond acceptors (Lipinski definition) is 7. The van der Waals surface area contributed by atoms with Crippen molar-refractivity contribution < 1.29 is 31.0 Å². The van der Waals surface area contributed by atoms with Crippen molar-refractivity contribution in [1.29, 1.82) is 0 Å². The third kappa shape index (κ3) is 5.87. The number of nitrogens with zero attached hydrogens (tertiary/aromatic N) is 2. The van der Waals surface area contributed by atoms with Crippen LogP contribution in [-0.2, 0) is 29.5 Å². The van der Waals surface area contributed by atoms with Crippen LogP contribution in [0, 0.1) is 0 Å². The third-order valence-corrected chi connectivity index (χ3v) is 9.62. The van der Waals surface area contributed by atoms with Gasteiger partial charge in [0.2, 0.25) is 20.0 Å². The average molecular weight is 525 g/mol. The average Bonchev–Trinajstić information content (AvgIpc) is 2.78. The van der Waals surface area contributed by atoms with Crippen molar-refractivity contribution in [1.82, 2.24) is 8.61 Å². The summed E-state index contributed by atoms with van der Waals surface area (Å²) in [6.07, 6.45) is -0.674. The second-order valence-electron chi connectivity index (χ2n) is 9.20. The summed E-state index contributed by atoms with van der Waals surface area (Å²) in [5.74, 6) is 0.887. The maximum Gasteiger partial charge on any atom is 0.243 e. The molecule has 0 N–H and O–H groups in total. The van der Waals surface area contributed by atoms with Crippen LogP contribution in [0.1, 0.15) is 27.7 Å². The first-order valence-corrected chi connectivity index (χ1v) is 14.5. The molecule has 2 aromatic carbocycles. The smallest absolute Gasteiger partial charge is 0.243 e. The van der Waals surface area contributed by atoms with Crippen molar-refractivity contribution in [3.8, 4) is 11.5 Å². The SMILES string of the molecule is C[C@@H]1CN(S(=O)(=O)c2ccc(Oc3ccc(S(=O)(=O)N4C[C@H](C)O[C@@H](C)C4)cc3)cc2)C[C@H](C)O1. The predicted octanol–water partition coefficient (Wildman–Crippen LogP) is 3.07. The minimum absolute atomic E-state index is 0.169. The number of sulfonamides is 2. The Morgan fingerprint density at radius 3 is 1.17 bits per heavy atom. The molecule has 9 nitrogen and oxygen atoms in total. The lowest BCUT2D eigenvalue weighted by molar-refractivity contribution is -0.0442. The van der Waals surface area contributed by atoms with E-state index in [0.29, 0.717) is 37.7 Å². The number of benzene rings is 2. The van der Waals surface area contributed by atoms with E-state index in [1.165, 1.54) is 32.9 Å². The molecule has 0 aromatic heterocycles. The maximum absolute atomic E-state index is 13.0. The summed E-state index contributed by atoms with van der Waals surface area (Å²) in [6.45, 7) is 8.65. The van der Waals surface area contributed by atoms with Gasteiger partial charge in [0, 0.05) is 26.2 Å². The third-order valence-electron chi connectivity index (χ3n) is 5.93. The van der Waals surface area contributed by atoms with Crippen LogP contribution in [0.2, 0.25) is 0 Å². The van der Waals surface area contributed by atoms with Crippen LogP contribution in [0.4, 0.5) is 0 Å². The fourth-order valence-corrected chi connectivity index (χ4v) is 7.63. The monoisotopic (exact) mass is 524 g/mol. The molecule has 4 rings (SSSR count). The van der Waals surface area contributed by atoms with Gasteiger partial charge in [-0.3, -0.25) is 0 Å². The van der Waals surface area contributed by atoms with Gasteiger partial charge in [-0.15, -0.1) is 0 Å². The Labute approximate surface area is 207 Å². The zero-order valence-corrected chi connectivity index (χ0v) is 22.0. The van der Waals surface area contributed by atoms with Gasteiger partial charge in [-0.1, -0.05) is 0 Å². The van der Waals surface area contributed by atoms with Crippen LogP contribution < -0.4 is 4.74 Å². The number of morpholine rings is 2. The van der Waals surface area contributed by atoms with Crippen molar-refractivity contribution in [3.05, 3.63) is 48.5 Å². The van der Waals surface area contributed by atoms with E-state index in [-0.39, 0.29) is 34.2 Å². The Morgan fingerprint density at radius 1 is 0.600 bits per heavy atom. The van der Waals surface area contributed by atoms with Crippen molar-refractivity contribution in [3.63, 3.8) is 0 Å². The summed E-state index contributed by atoms with van der Waals surface area (Å²) >= 11 is 0. The molecule has 2 saturated heterocycles. The molecule has 0 radical (unpaired) electrons. The summed E-state index contributed by atoms with van der Waals surface area (Å²) in [5, 5.41) is 0. The van der Waals surface area contributed by atoms with E-state index in [0.717, 1.165) is 0 Å². The minimum Gasteiger partial charge on any atom is -0.457 e. The van der Waals surface area contributed by atoms with Crippen molar-refractivity contribution in [2.75, 3.05) is 26.2 Å². The van der Waals surface area contributed by atoms with E-state index in [4.69, 9.17) is 14.2 Å². The molecule has 2 aliphatic rings. The molecule has 0 bridgehead atoms. The van der Waals surface area contributed by atoms with E-state index in [1.54, 1.807) is 24.3 Å². The molecule has 192 valence electrons. The zero-order chi connectivity index (χ0) is 25.4. The highest BCUT2D eigenvalue weighted by Crippen LogP contribution is 2.28. The molecule has 2 fully saturated rings. The quantitative estimate of drug-likeness (QED) is 0.572. The van der Waals surface area contributed by atoms with Crippen LogP contribution in [0.5, 0.6) is 11.5 Å². The summed E-state index contributed by atoms with van der Waals surface area (Å²) in [5.41, 5.74) is 0. The molecule has 2 aliphatic heterocycles. The van der Waals surface area contributed by atoms with E-state index < -0.39 is 20.0 Å². The Hall–Kier alpha value is -2.02. The highest BCUT2D eigenvalue weighted by molar-refractivity contribution is 7.89. The first kappa shape index (κ1) is 26.1. The molecule has 0 amide bonds. The molecule has 35 heavy (non-hydrogen) atoms. The van der Waals surface area contributed by atoms with E-state index in [1.807, 2.05) is 27.7 Å². The Bertz CT molecular complexity index is 1110. The summed E-state index contributed by atoms with van der Waals surface area (Å²) in [6, 6.07) is 12.4. The van der Waals surface area contributed by atoms with Crippen LogP contribution in [0.3, 0.4) is 0 Å². The van der Waals surface area contributed by atoms with E-state index in [9.17, 15) is 16.8 Å². The number of hydrogen-bond donors (Lipinski definition) is 0. The Morgan fingerprint density at radius 2 is 0.886 bits per heavy atom. The van der Waals surface area contributed by atoms with E-state index >= 15 is 0 Å². The standard InChI is InChI=1S/C24H32N2O7S2/c1-17-13-25(14-18(2)31-17)34(27,28)23-9-5-21(6-10-23)33-22-7-11-24(12-8-22)35(29,30)26-15-19(3)32-20(4)16-26/h5-12,17-20H,13-16H2,1-4H3/t17-,18-,19-,20+/m0/s1. The lowest BCUT2D eigenvalue weighted by Gasteiger charge is -2.34. The van der Waals surface area contributed by atoms with Gasteiger partial charge in [0.15, 0.2) is 0 Å². The number of ether oxygens (including phenoxy) is 3. The molecule has 0 saturated carbocycles. The highest BCUT2D eigenvalue weighted by atomic mass is 32.2. The van der Waals surface area contributed by atoms with Crippen LogP contribution >= 0.6 is 0 Å². The molecule has 2 aromatic rings. The second kappa shape index (κ2) is 10.2. The topological polar surface area (TPSA) is 102 Å². The van der Waals surface area contributed by atoms with Gasteiger partial charge < -0.3 is 14.2 Å². The van der Waals surface area contributed by atoms with Gasteiger partial charge >= 0.3 is 0 Å². The Balaban J connectivity index is 1.44. The summed E-state index contributed by atoms with van der Waals surface area (Å²) in [7, 11) is -7.28. The molecule has 0 spiro atoms.